The van der Waals surface area contributed by atoms with Crippen molar-refractivity contribution in [2.45, 2.75) is 25.7 Å². The van der Waals surface area contributed by atoms with Gasteiger partial charge in [0.1, 0.15) is 5.75 Å². The number of aryl methyl sites for hydroxylation is 1. The van der Waals surface area contributed by atoms with Crippen molar-refractivity contribution in [1.29, 1.82) is 0 Å². The molecule has 0 N–H and O–H groups in total. The van der Waals surface area contributed by atoms with E-state index in [4.69, 9.17) is 4.74 Å². The lowest BCUT2D eigenvalue weighted by Crippen LogP contribution is -2.07. The number of hydrogen-bond acceptors (Lipinski definition) is 1. The Morgan fingerprint density at radius 2 is 1.38 bits per heavy atom. The first-order chi connectivity index (χ1) is 11.7. The quantitative estimate of drug-likeness (QED) is 0.577. The number of benzene rings is 3. The molecule has 0 aliphatic carbocycles. The summed E-state index contributed by atoms with van der Waals surface area (Å²) in [6.07, 6.45) is 2.05. The van der Waals surface area contributed by atoms with Gasteiger partial charge in [-0.2, -0.15) is 0 Å². The first kappa shape index (κ1) is 16.3. The topological polar surface area (TPSA) is 9.23 Å². The van der Waals surface area contributed by atoms with Crippen molar-refractivity contribution in [2.75, 3.05) is 7.11 Å². The van der Waals surface area contributed by atoms with Crippen molar-refractivity contribution in [3.8, 4) is 5.75 Å². The maximum Gasteiger partial charge on any atom is 0.119 e. The molecule has 3 aromatic carbocycles. The van der Waals surface area contributed by atoms with Gasteiger partial charge in [-0.1, -0.05) is 66.7 Å². The van der Waals surface area contributed by atoms with Crippen LogP contribution in [0.15, 0.2) is 78.9 Å². The predicted octanol–water partition coefficient (Wildman–Crippen LogP) is 5.57. The molecule has 3 rings (SSSR count). The molecule has 0 saturated carbocycles. The Kier molecular flexibility index (Phi) is 5.32. The Labute approximate surface area is 144 Å². The molecule has 0 amide bonds. The summed E-state index contributed by atoms with van der Waals surface area (Å²) in [4.78, 5) is 0. The van der Waals surface area contributed by atoms with Crippen LogP contribution < -0.4 is 4.74 Å². The van der Waals surface area contributed by atoms with E-state index in [0.717, 1.165) is 18.6 Å². The summed E-state index contributed by atoms with van der Waals surface area (Å²) in [5.41, 5.74) is 5.35. The first-order valence-corrected chi connectivity index (χ1v) is 8.48. The van der Waals surface area contributed by atoms with Crippen LogP contribution >= 0.6 is 0 Å². The Balaban J connectivity index is 1.89. The molecular formula is C23H24O. The molecule has 3 aromatic rings. The van der Waals surface area contributed by atoms with E-state index in [2.05, 4.69) is 85.8 Å². The van der Waals surface area contributed by atoms with Gasteiger partial charge >= 0.3 is 0 Å². The van der Waals surface area contributed by atoms with Crippen molar-refractivity contribution in [3.63, 3.8) is 0 Å². The molecule has 1 atom stereocenters. The lowest BCUT2D eigenvalue weighted by atomic mass is 9.86. The molecule has 0 heterocycles. The number of hydrogen-bond donors (Lipinski definition) is 0. The maximum atomic E-state index is 5.44. The summed E-state index contributed by atoms with van der Waals surface area (Å²) in [6, 6.07) is 28.1. The smallest absolute Gasteiger partial charge is 0.119 e. The molecule has 0 radical (unpaired) electrons. The monoisotopic (exact) mass is 316 g/mol. The molecule has 0 aromatic heterocycles. The lowest BCUT2D eigenvalue weighted by Gasteiger charge is -2.19. The third kappa shape index (κ3) is 4.26. The molecule has 24 heavy (non-hydrogen) atoms. The first-order valence-electron chi connectivity index (χ1n) is 8.48. The summed E-state index contributed by atoms with van der Waals surface area (Å²) < 4.78 is 5.44. The van der Waals surface area contributed by atoms with Gasteiger partial charge < -0.3 is 4.74 Å². The summed E-state index contributed by atoms with van der Waals surface area (Å²) in [5.74, 6) is 1.40. The average molecular weight is 316 g/mol. The molecule has 122 valence electrons. The van der Waals surface area contributed by atoms with Crippen LogP contribution in [0.1, 0.15) is 28.2 Å². The number of rotatable bonds is 6. The molecule has 0 fully saturated rings. The Bertz CT molecular complexity index is 763. The molecule has 0 unspecified atom stereocenters. The second-order valence-electron chi connectivity index (χ2n) is 6.36. The van der Waals surface area contributed by atoms with Gasteiger partial charge in [0.25, 0.3) is 0 Å². The van der Waals surface area contributed by atoms with Gasteiger partial charge in [0.05, 0.1) is 7.11 Å². The Morgan fingerprint density at radius 3 is 2.04 bits per heavy atom. The van der Waals surface area contributed by atoms with Crippen molar-refractivity contribution in [2.24, 2.45) is 0 Å². The Morgan fingerprint density at radius 1 is 0.750 bits per heavy atom. The van der Waals surface area contributed by atoms with Crippen LogP contribution in [0.2, 0.25) is 0 Å². The van der Waals surface area contributed by atoms with E-state index in [-0.39, 0.29) is 0 Å². The van der Waals surface area contributed by atoms with Crippen LogP contribution in [0.5, 0.6) is 5.75 Å². The summed E-state index contributed by atoms with van der Waals surface area (Å²) in [7, 11) is 1.73. The fourth-order valence-electron chi connectivity index (χ4n) is 3.28. The maximum absolute atomic E-state index is 5.44. The fraction of sp³-hybridized carbons (Fsp3) is 0.217. The van der Waals surface area contributed by atoms with Gasteiger partial charge in [0.15, 0.2) is 0 Å². The average Bonchev–Trinajstić information content (AvgIpc) is 2.62. The van der Waals surface area contributed by atoms with Crippen LogP contribution in [-0.4, -0.2) is 7.11 Å². The summed E-state index contributed by atoms with van der Waals surface area (Å²) in [6.45, 7) is 2.13. The van der Waals surface area contributed by atoms with E-state index in [0.29, 0.717) is 5.92 Å². The molecule has 0 bridgehead atoms. The largest absolute Gasteiger partial charge is 0.497 e. The van der Waals surface area contributed by atoms with E-state index in [1.54, 1.807) is 7.11 Å². The number of methoxy groups -OCH3 is 1. The normalized spacial score (nSPS) is 11.9. The van der Waals surface area contributed by atoms with Gasteiger partial charge in [-0.15, -0.1) is 0 Å². The lowest BCUT2D eigenvalue weighted by molar-refractivity contribution is 0.413. The highest BCUT2D eigenvalue weighted by atomic mass is 16.5. The zero-order chi connectivity index (χ0) is 16.8. The SMILES string of the molecule is COc1cc(C)cc(C[C@@H](Cc2ccccc2)c2ccccc2)c1. The van der Waals surface area contributed by atoms with Crippen molar-refractivity contribution < 1.29 is 4.74 Å². The summed E-state index contributed by atoms with van der Waals surface area (Å²) in [5, 5.41) is 0. The van der Waals surface area contributed by atoms with Gasteiger partial charge in [0.2, 0.25) is 0 Å². The van der Waals surface area contributed by atoms with E-state index in [9.17, 15) is 0 Å². The van der Waals surface area contributed by atoms with E-state index in [1.807, 2.05) is 0 Å². The van der Waals surface area contributed by atoms with Crippen molar-refractivity contribution in [1.82, 2.24) is 0 Å². The standard InChI is InChI=1S/C23H24O/c1-18-13-20(17-23(14-18)24-2)16-22(21-11-7-4-8-12-21)15-19-9-5-3-6-10-19/h3-14,17,22H,15-16H2,1-2H3/t22-/m1/s1. The van der Waals surface area contributed by atoms with Crippen molar-refractivity contribution >= 4 is 0 Å². The minimum absolute atomic E-state index is 0.458. The summed E-state index contributed by atoms with van der Waals surface area (Å²) >= 11 is 0. The van der Waals surface area contributed by atoms with Gasteiger partial charge in [-0.25, -0.2) is 0 Å². The van der Waals surface area contributed by atoms with E-state index < -0.39 is 0 Å². The highest BCUT2D eigenvalue weighted by Gasteiger charge is 2.14. The minimum atomic E-state index is 0.458. The highest BCUT2D eigenvalue weighted by molar-refractivity contribution is 5.36. The van der Waals surface area contributed by atoms with E-state index >= 15 is 0 Å². The van der Waals surface area contributed by atoms with Crippen LogP contribution in [0.4, 0.5) is 0 Å². The Hall–Kier alpha value is -2.54. The van der Waals surface area contributed by atoms with Crippen LogP contribution in [0.3, 0.4) is 0 Å². The van der Waals surface area contributed by atoms with Crippen LogP contribution in [-0.2, 0) is 12.8 Å². The number of ether oxygens (including phenoxy) is 1. The third-order valence-corrected chi connectivity index (χ3v) is 4.42. The molecule has 0 spiro atoms. The molecule has 1 heteroatoms. The fourth-order valence-corrected chi connectivity index (χ4v) is 3.28. The molecule has 1 nitrogen and oxygen atoms in total. The molecule has 0 aliphatic heterocycles. The van der Waals surface area contributed by atoms with Gasteiger partial charge in [0, 0.05) is 0 Å². The second-order valence-corrected chi connectivity index (χ2v) is 6.36. The zero-order valence-electron chi connectivity index (χ0n) is 14.4. The second kappa shape index (κ2) is 7.83. The third-order valence-electron chi connectivity index (χ3n) is 4.42. The van der Waals surface area contributed by atoms with E-state index in [1.165, 1.54) is 22.3 Å². The molecule has 0 saturated heterocycles. The van der Waals surface area contributed by atoms with Crippen molar-refractivity contribution in [3.05, 3.63) is 101 Å². The molecular weight excluding hydrogens is 292 g/mol. The predicted molar refractivity (Wildman–Crippen MR) is 101 cm³/mol. The molecule has 0 aliphatic rings. The van der Waals surface area contributed by atoms with Crippen LogP contribution in [0, 0.1) is 6.92 Å². The minimum Gasteiger partial charge on any atom is -0.497 e. The van der Waals surface area contributed by atoms with Gasteiger partial charge in [-0.05, 0) is 60.1 Å². The highest BCUT2D eigenvalue weighted by Crippen LogP contribution is 2.27. The zero-order valence-corrected chi connectivity index (χ0v) is 14.4. The van der Waals surface area contributed by atoms with Gasteiger partial charge in [-0.3, -0.25) is 0 Å². The van der Waals surface area contributed by atoms with Crippen LogP contribution in [0.25, 0.3) is 0 Å².